The molecule has 0 bridgehead atoms. The van der Waals surface area contributed by atoms with Crippen molar-refractivity contribution in [2.24, 2.45) is 0 Å². The van der Waals surface area contributed by atoms with Gasteiger partial charge in [-0.1, -0.05) is 0 Å². The lowest BCUT2D eigenvalue weighted by Crippen LogP contribution is -2.48. The number of anilines is 1. The van der Waals surface area contributed by atoms with Crippen molar-refractivity contribution in [1.29, 1.82) is 5.26 Å². The van der Waals surface area contributed by atoms with E-state index < -0.39 is 5.82 Å². The van der Waals surface area contributed by atoms with Crippen LogP contribution in [0.4, 0.5) is 10.1 Å². The van der Waals surface area contributed by atoms with Crippen molar-refractivity contribution in [3.63, 3.8) is 0 Å². The highest BCUT2D eigenvalue weighted by molar-refractivity contribution is 5.81. The van der Waals surface area contributed by atoms with Gasteiger partial charge in [-0.2, -0.15) is 5.26 Å². The Hall–Kier alpha value is -2.13. The van der Waals surface area contributed by atoms with Crippen LogP contribution in [0, 0.1) is 17.1 Å². The Morgan fingerprint density at radius 2 is 2.10 bits per heavy atom. The quantitative estimate of drug-likeness (QED) is 0.890. The molecule has 0 saturated carbocycles. The Kier molecular flexibility index (Phi) is 4.53. The average Bonchev–Trinajstić information content (AvgIpc) is 2.46. The molecule has 1 fully saturated rings. The van der Waals surface area contributed by atoms with Crippen LogP contribution in [0.2, 0.25) is 0 Å². The molecule has 5 nitrogen and oxygen atoms in total. The van der Waals surface area contributed by atoms with E-state index in [1.54, 1.807) is 6.07 Å². The molecule has 0 spiro atoms. The van der Waals surface area contributed by atoms with Crippen LogP contribution in [0.25, 0.3) is 0 Å². The first kappa shape index (κ1) is 14.3. The van der Waals surface area contributed by atoms with Crippen molar-refractivity contribution >= 4 is 11.6 Å². The van der Waals surface area contributed by atoms with Gasteiger partial charge in [0.05, 0.1) is 12.1 Å². The summed E-state index contributed by atoms with van der Waals surface area (Å²) in [6.45, 7) is 3.36. The van der Waals surface area contributed by atoms with Crippen LogP contribution in [-0.4, -0.2) is 55.5 Å². The van der Waals surface area contributed by atoms with Gasteiger partial charge in [-0.05, 0) is 25.2 Å². The van der Waals surface area contributed by atoms with Crippen LogP contribution in [-0.2, 0) is 4.79 Å². The molecule has 1 saturated heterocycles. The summed E-state index contributed by atoms with van der Waals surface area (Å²) in [5.41, 5.74) is 0.549. The minimum Gasteiger partial charge on any atom is -0.376 e. The highest BCUT2D eigenvalue weighted by Gasteiger charge is 2.18. The zero-order chi connectivity index (χ0) is 14.5. The fourth-order valence-corrected chi connectivity index (χ4v) is 2.07. The summed E-state index contributed by atoms with van der Waals surface area (Å²) in [5, 5.41) is 11.7. The Balaban J connectivity index is 1.89. The van der Waals surface area contributed by atoms with Crippen molar-refractivity contribution in [1.82, 2.24) is 9.80 Å². The largest absolute Gasteiger partial charge is 0.376 e. The third-order valence-corrected chi connectivity index (χ3v) is 3.39. The van der Waals surface area contributed by atoms with Gasteiger partial charge in [0.15, 0.2) is 0 Å². The number of hydrogen-bond acceptors (Lipinski definition) is 4. The van der Waals surface area contributed by atoms with Gasteiger partial charge in [-0.3, -0.25) is 4.79 Å². The maximum Gasteiger partial charge on any atom is 0.241 e. The van der Waals surface area contributed by atoms with E-state index in [4.69, 9.17) is 5.26 Å². The average molecular weight is 276 g/mol. The minimum absolute atomic E-state index is 0.0148. The van der Waals surface area contributed by atoms with E-state index in [9.17, 15) is 9.18 Å². The second kappa shape index (κ2) is 6.35. The Morgan fingerprint density at radius 3 is 2.75 bits per heavy atom. The molecule has 6 heteroatoms. The Labute approximate surface area is 117 Å². The molecule has 1 aliphatic heterocycles. The summed E-state index contributed by atoms with van der Waals surface area (Å²) in [6.07, 6.45) is 0. The molecule has 0 radical (unpaired) electrons. The first-order valence-electron chi connectivity index (χ1n) is 6.50. The van der Waals surface area contributed by atoms with Crippen molar-refractivity contribution in [2.45, 2.75) is 0 Å². The van der Waals surface area contributed by atoms with Crippen molar-refractivity contribution < 1.29 is 9.18 Å². The van der Waals surface area contributed by atoms with Gasteiger partial charge < -0.3 is 15.1 Å². The SMILES string of the molecule is CN1CCN(C(=O)CNc2ccc(F)c(C#N)c2)CC1. The highest BCUT2D eigenvalue weighted by Crippen LogP contribution is 2.13. The molecular formula is C14H17FN4O. The van der Waals surface area contributed by atoms with Gasteiger partial charge in [0, 0.05) is 31.9 Å². The Bertz CT molecular complexity index is 532. The van der Waals surface area contributed by atoms with Gasteiger partial charge in [0.25, 0.3) is 0 Å². The maximum atomic E-state index is 13.2. The monoisotopic (exact) mass is 276 g/mol. The van der Waals surface area contributed by atoms with Crippen LogP contribution in [0.5, 0.6) is 0 Å². The normalized spacial score (nSPS) is 15.8. The van der Waals surface area contributed by atoms with E-state index in [0.717, 1.165) is 26.2 Å². The topological polar surface area (TPSA) is 59.4 Å². The van der Waals surface area contributed by atoms with Crippen LogP contribution in [0.3, 0.4) is 0 Å². The summed E-state index contributed by atoms with van der Waals surface area (Å²) in [7, 11) is 2.03. The van der Waals surface area contributed by atoms with Crippen molar-refractivity contribution in [2.75, 3.05) is 45.1 Å². The third kappa shape index (κ3) is 3.45. The van der Waals surface area contributed by atoms with E-state index in [1.807, 2.05) is 11.9 Å². The number of carbonyl (C=O) groups is 1. The summed E-state index contributed by atoms with van der Waals surface area (Å²) in [6, 6.07) is 5.93. The lowest BCUT2D eigenvalue weighted by molar-refractivity contribution is -0.130. The van der Waals surface area contributed by atoms with Crippen LogP contribution >= 0.6 is 0 Å². The number of amides is 1. The molecule has 1 heterocycles. The molecule has 1 aromatic carbocycles. The predicted molar refractivity (Wildman–Crippen MR) is 73.7 cm³/mol. The van der Waals surface area contributed by atoms with E-state index in [2.05, 4.69) is 10.2 Å². The van der Waals surface area contributed by atoms with Gasteiger partial charge in [-0.25, -0.2) is 4.39 Å². The van der Waals surface area contributed by atoms with Crippen molar-refractivity contribution in [3.05, 3.63) is 29.6 Å². The molecule has 1 amide bonds. The fourth-order valence-electron chi connectivity index (χ4n) is 2.07. The number of nitrogens with one attached hydrogen (secondary N) is 1. The van der Waals surface area contributed by atoms with Gasteiger partial charge >= 0.3 is 0 Å². The third-order valence-electron chi connectivity index (χ3n) is 3.39. The summed E-state index contributed by atoms with van der Waals surface area (Å²) < 4.78 is 13.2. The summed E-state index contributed by atoms with van der Waals surface area (Å²) in [4.78, 5) is 16.0. The van der Waals surface area contributed by atoms with E-state index in [1.165, 1.54) is 18.2 Å². The van der Waals surface area contributed by atoms with Crippen LogP contribution in [0.15, 0.2) is 18.2 Å². The number of nitriles is 1. The number of carbonyl (C=O) groups excluding carboxylic acids is 1. The molecule has 0 atom stereocenters. The molecule has 1 aliphatic rings. The number of halogens is 1. The molecule has 2 rings (SSSR count). The van der Waals surface area contributed by atoms with Gasteiger partial charge in [0.2, 0.25) is 5.91 Å². The second-order valence-electron chi connectivity index (χ2n) is 4.84. The smallest absolute Gasteiger partial charge is 0.241 e. The lowest BCUT2D eigenvalue weighted by atomic mass is 10.2. The highest BCUT2D eigenvalue weighted by atomic mass is 19.1. The molecular weight excluding hydrogens is 259 g/mol. The van der Waals surface area contributed by atoms with E-state index >= 15 is 0 Å². The van der Waals surface area contributed by atoms with Gasteiger partial charge in [-0.15, -0.1) is 0 Å². The maximum absolute atomic E-state index is 13.2. The molecule has 0 aliphatic carbocycles. The van der Waals surface area contributed by atoms with E-state index in [0.29, 0.717) is 5.69 Å². The fraction of sp³-hybridized carbons (Fsp3) is 0.429. The molecule has 1 N–H and O–H groups in total. The number of likely N-dealkylation sites (N-methyl/N-ethyl adjacent to an activating group) is 1. The van der Waals surface area contributed by atoms with Gasteiger partial charge in [0.1, 0.15) is 11.9 Å². The first-order valence-corrected chi connectivity index (χ1v) is 6.50. The summed E-state index contributed by atoms with van der Waals surface area (Å²) >= 11 is 0. The summed E-state index contributed by atoms with van der Waals surface area (Å²) in [5.74, 6) is -0.538. The van der Waals surface area contributed by atoms with Crippen LogP contribution in [0.1, 0.15) is 5.56 Å². The lowest BCUT2D eigenvalue weighted by Gasteiger charge is -2.32. The van der Waals surface area contributed by atoms with Crippen LogP contribution < -0.4 is 5.32 Å². The molecule has 106 valence electrons. The molecule has 0 unspecified atom stereocenters. The molecule has 0 aromatic heterocycles. The van der Waals surface area contributed by atoms with Crippen molar-refractivity contribution in [3.8, 4) is 6.07 Å². The second-order valence-corrected chi connectivity index (χ2v) is 4.84. The zero-order valence-corrected chi connectivity index (χ0v) is 11.4. The standard InChI is InChI=1S/C14H17FN4O/c1-18-4-6-19(7-5-18)14(20)10-17-12-2-3-13(15)11(8-12)9-16/h2-3,8,17H,4-7,10H2,1H3. The number of hydrogen-bond donors (Lipinski definition) is 1. The Morgan fingerprint density at radius 1 is 1.40 bits per heavy atom. The number of nitrogens with zero attached hydrogens (tertiary/aromatic N) is 3. The number of piperazine rings is 1. The zero-order valence-electron chi connectivity index (χ0n) is 11.4. The number of rotatable bonds is 3. The number of benzene rings is 1. The molecule has 1 aromatic rings. The molecule has 20 heavy (non-hydrogen) atoms. The first-order chi connectivity index (χ1) is 9.60. The van der Waals surface area contributed by atoms with E-state index in [-0.39, 0.29) is 18.0 Å². The minimum atomic E-state index is -0.552. The predicted octanol–water partition coefficient (Wildman–Crippen LogP) is 0.883.